The molecule has 63 heavy (non-hydrogen) atoms. The van der Waals surface area contributed by atoms with Crippen LogP contribution in [0.15, 0.2) is 118 Å². The van der Waals surface area contributed by atoms with Crippen LogP contribution in [0.4, 0.5) is 33.3 Å². The molecule has 8 aromatic rings. The molecule has 24 heteroatoms. The highest BCUT2D eigenvalue weighted by Gasteiger charge is 2.23. The summed E-state index contributed by atoms with van der Waals surface area (Å²) in [5.74, 6) is -2.58. The third-order valence-corrected chi connectivity index (χ3v) is 10.3. The number of carboxylic acids is 2. The van der Waals surface area contributed by atoms with Gasteiger partial charge in [0.25, 0.3) is 23.2 Å². The highest BCUT2D eigenvalue weighted by atomic mass is 32.1. The van der Waals surface area contributed by atoms with E-state index in [0.717, 1.165) is 22.7 Å². The lowest BCUT2D eigenvalue weighted by atomic mass is 10.1. The molecule has 0 aliphatic carbocycles. The van der Waals surface area contributed by atoms with Crippen molar-refractivity contribution < 1.29 is 38.9 Å². The second-order valence-corrected chi connectivity index (χ2v) is 14.8. The van der Waals surface area contributed by atoms with Crippen molar-refractivity contribution in [3.63, 3.8) is 0 Å². The third kappa shape index (κ3) is 8.86. The number of nitrogens with two attached hydrogens (primary N) is 2. The summed E-state index contributed by atoms with van der Waals surface area (Å²) in [6, 6.07) is 25.8. The minimum Gasteiger partial charge on any atom is -0.478 e. The predicted molar refractivity (Wildman–Crippen MR) is 225 cm³/mol. The zero-order valence-corrected chi connectivity index (χ0v) is 33.4. The first-order valence-corrected chi connectivity index (χ1v) is 19.6. The van der Waals surface area contributed by atoms with E-state index in [4.69, 9.17) is 20.9 Å². The average Bonchev–Trinajstić information content (AvgIpc) is 4.09. The Balaban J connectivity index is 1.04. The SMILES string of the molecule is Nc1c(N=Nc2nnc(Cc3nnc(N=Nc4c(-c5ccccc5)nn(-c5cc(OC=O)cc(C(=O)O)c5)c4N)s3)s2)c(-c2ccccc2)nn1-c1cc(OC=O)cc(C(=O)O)c1. The van der Waals surface area contributed by atoms with Gasteiger partial charge >= 0.3 is 11.9 Å². The van der Waals surface area contributed by atoms with E-state index in [1.165, 1.54) is 45.8 Å². The lowest BCUT2D eigenvalue weighted by Gasteiger charge is -2.08. The van der Waals surface area contributed by atoms with E-state index in [1.807, 2.05) is 12.1 Å². The lowest BCUT2D eigenvalue weighted by Crippen LogP contribution is -2.05. The van der Waals surface area contributed by atoms with Crippen molar-refractivity contribution in [3.05, 3.63) is 118 Å². The van der Waals surface area contributed by atoms with Crippen molar-refractivity contribution in [1.29, 1.82) is 0 Å². The van der Waals surface area contributed by atoms with E-state index >= 15 is 0 Å². The summed E-state index contributed by atoms with van der Waals surface area (Å²) in [4.78, 5) is 45.8. The van der Waals surface area contributed by atoms with Gasteiger partial charge < -0.3 is 31.2 Å². The number of ether oxygens (including phenoxy) is 2. The molecule has 22 nitrogen and oxygen atoms in total. The van der Waals surface area contributed by atoms with Crippen LogP contribution in [-0.2, 0) is 16.0 Å². The Morgan fingerprint density at radius 2 is 1.02 bits per heavy atom. The van der Waals surface area contributed by atoms with Crippen LogP contribution >= 0.6 is 22.7 Å². The smallest absolute Gasteiger partial charge is 0.335 e. The molecule has 0 amide bonds. The van der Waals surface area contributed by atoms with Crippen LogP contribution in [0.1, 0.15) is 30.7 Å². The molecule has 0 aliphatic rings. The maximum absolute atomic E-state index is 11.8. The van der Waals surface area contributed by atoms with Crippen molar-refractivity contribution in [1.82, 2.24) is 40.0 Å². The van der Waals surface area contributed by atoms with Crippen molar-refractivity contribution in [2.45, 2.75) is 6.42 Å². The van der Waals surface area contributed by atoms with E-state index in [1.54, 1.807) is 48.5 Å². The zero-order valence-electron chi connectivity index (χ0n) is 31.8. The fourth-order valence-corrected chi connectivity index (χ4v) is 7.37. The Kier molecular flexibility index (Phi) is 11.5. The Morgan fingerprint density at radius 1 is 0.603 bits per heavy atom. The van der Waals surface area contributed by atoms with Crippen LogP contribution in [0, 0.1) is 0 Å². The molecule has 4 heterocycles. The van der Waals surface area contributed by atoms with Gasteiger partial charge in [-0.05, 0) is 24.3 Å². The normalized spacial score (nSPS) is 11.3. The molecule has 0 radical (unpaired) electrons. The molecular weight excluding hydrogens is 857 g/mol. The van der Waals surface area contributed by atoms with E-state index in [-0.39, 0.29) is 86.6 Å². The van der Waals surface area contributed by atoms with Crippen molar-refractivity contribution in [2.75, 3.05) is 11.5 Å². The molecule has 0 saturated carbocycles. The number of hydrogen-bond donors (Lipinski definition) is 4. The molecule has 0 bridgehead atoms. The van der Waals surface area contributed by atoms with Crippen LogP contribution in [0.5, 0.6) is 11.5 Å². The van der Waals surface area contributed by atoms with Gasteiger partial charge in [0.1, 0.15) is 32.9 Å². The summed E-state index contributed by atoms with van der Waals surface area (Å²) in [5, 5.41) is 63.9. The summed E-state index contributed by atoms with van der Waals surface area (Å²) in [7, 11) is 0. The second kappa shape index (κ2) is 17.8. The fourth-order valence-electron chi connectivity index (χ4n) is 5.95. The maximum atomic E-state index is 11.8. The summed E-state index contributed by atoms with van der Waals surface area (Å²) in [5.41, 5.74) is 15.4. The number of carbonyl (C=O) groups is 4. The van der Waals surface area contributed by atoms with Crippen LogP contribution < -0.4 is 20.9 Å². The molecule has 0 atom stereocenters. The molecule has 0 spiro atoms. The quantitative estimate of drug-likeness (QED) is 0.0553. The van der Waals surface area contributed by atoms with Gasteiger partial charge in [0.2, 0.25) is 0 Å². The number of carboxylic acid groups (broad SMARTS) is 2. The highest BCUT2D eigenvalue weighted by molar-refractivity contribution is 7.16. The zero-order chi connectivity index (χ0) is 44.0. The van der Waals surface area contributed by atoms with Crippen LogP contribution in [0.3, 0.4) is 0 Å². The number of azo groups is 2. The number of carbonyl (C=O) groups excluding carboxylic acids is 2. The molecule has 4 aromatic carbocycles. The van der Waals surface area contributed by atoms with Crippen LogP contribution in [-0.4, -0.2) is 75.1 Å². The molecule has 0 saturated heterocycles. The topological polar surface area (TPSA) is 316 Å². The van der Waals surface area contributed by atoms with Gasteiger partial charge in [-0.3, -0.25) is 9.59 Å². The number of hydrogen-bond acceptors (Lipinski definition) is 20. The van der Waals surface area contributed by atoms with Crippen molar-refractivity contribution in [2.24, 2.45) is 20.5 Å². The number of nitrogen functional groups attached to an aromatic ring is 2. The van der Waals surface area contributed by atoms with Crippen molar-refractivity contribution >= 4 is 80.8 Å². The third-order valence-electron chi connectivity index (χ3n) is 8.70. The number of anilines is 2. The maximum Gasteiger partial charge on any atom is 0.335 e. The summed E-state index contributed by atoms with van der Waals surface area (Å²) >= 11 is 2.25. The lowest BCUT2D eigenvalue weighted by molar-refractivity contribution is -0.121. The molecule has 0 unspecified atom stereocenters. The first-order chi connectivity index (χ1) is 30.6. The van der Waals surface area contributed by atoms with Gasteiger partial charge in [-0.1, -0.05) is 83.3 Å². The molecule has 312 valence electrons. The minimum atomic E-state index is -1.26. The first kappa shape index (κ1) is 40.9. The number of benzene rings is 4. The predicted octanol–water partition coefficient (Wildman–Crippen LogP) is 7.15. The van der Waals surface area contributed by atoms with Crippen LogP contribution in [0.25, 0.3) is 33.9 Å². The molecule has 8 rings (SSSR count). The molecule has 0 fully saturated rings. The fraction of sp³-hybridized carbons (Fsp3) is 0.0256. The monoisotopic (exact) mass is 882 g/mol. The van der Waals surface area contributed by atoms with Crippen LogP contribution in [0.2, 0.25) is 0 Å². The number of aromatic carboxylic acids is 2. The van der Waals surface area contributed by atoms with Gasteiger partial charge in [0, 0.05) is 23.3 Å². The van der Waals surface area contributed by atoms with Crippen molar-refractivity contribution in [3.8, 4) is 45.4 Å². The first-order valence-electron chi connectivity index (χ1n) is 17.9. The largest absolute Gasteiger partial charge is 0.478 e. The van der Waals surface area contributed by atoms with E-state index in [9.17, 15) is 29.4 Å². The van der Waals surface area contributed by atoms with Gasteiger partial charge in [-0.2, -0.15) is 10.2 Å². The Labute approximate surface area is 360 Å². The minimum absolute atomic E-state index is 0.00759. The molecule has 6 N–H and O–H groups in total. The standard InChI is InChI=1S/C39H26N14O8S2/c40-34-32(30(20-7-3-1-4-8-20)50-52(34)24-11-22(36(56)57)13-26(15-24)60-18-54)44-48-38-46-42-28(62-38)17-29-43-47-39(63-29)49-45-33-31(21-9-5-2-6-10-21)51-53(35(33)41)25-12-23(37(58)59)14-27(16-25)61-19-55/h1-16,18-19H,17,40-41H2,(H,56,57)(H,58,59). The average molecular weight is 883 g/mol. The Morgan fingerprint density at radius 3 is 1.40 bits per heavy atom. The number of nitrogens with zero attached hydrogens (tertiary/aromatic N) is 12. The van der Waals surface area contributed by atoms with Gasteiger partial charge in [-0.15, -0.1) is 40.9 Å². The number of rotatable bonds is 16. The molecule has 4 aromatic heterocycles. The van der Waals surface area contributed by atoms with E-state index < -0.39 is 11.9 Å². The Hall–Kier alpha value is -8.90. The van der Waals surface area contributed by atoms with E-state index in [2.05, 4.69) is 51.0 Å². The van der Waals surface area contributed by atoms with Gasteiger partial charge in [-0.25, -0.2) is 19.0 Å². The molecule has 0 aliphatic heterocycles. The second-order valence-electron chi connectivity index (χ2n) is 12.7. The Bertz CT molecular complexity index is 2890. The molecular formula is C39H26N14O8S2. The van der Waals surface area contributed by atoms with Gasteiger partial charge in [0.15, 0.2) is 23.0 Å². The highest BCUT2D eigenvalue weighted by Crippen LogP contribution is 2.40. The summed E-state index contributed by atoms with van der Waals surface area (Å²) < 4.78 is 12.4. The summed E-state index contributed by atoms with van der Waals surface area (Å²) in [6.07, 6.45) is 0.210. The van der Waals surface area contributed by atoms with E-state index in [0.29, 0.717) is 32.5 Å². The number of aromatic nitrogens is 8. The summed E-state index contributed by atoms with van der Waals surface area (Å²) in [6.45, 7) is 0.351. The van der Waals surface area contributed by atoms with Gasteiger partial charge in [0.05, 0.1) is 28.9 Å².